The first-order chi connectivity index (χ1) is 37.1. The number of pyridine rings is 1. The van der Waals surface area contributed by atoms with Gasteiger partial charge in [-0.1, -0.05) is 207 Å². The summed E-state index contributed by atoms with van der Waals surface area (Å²) in [7, 11) is 0. The molecule has 1 unspecified atom stereocenters. The van der Waals surface area contributed by atoms with Crippen molar-refractivity contribution in [1.29, 1.82) is 0 Å². The molecule has 1 aliphatic rings. The first-order valence-corrected chi connectivity index (χ1v) is 26.1. The average molecular weight is 958 g/mol. The van der Waals surface area contributed by atoms with Gasteiger partial charge in [0.25, 0.3) is 0 Å². The molecular formula is C72H51N3. The molecule has 3 aromatic heterocycles. The Morgan fingerprint density at radius 3 is 1.20 bits per heavy atom. The summed E-state index contributed by atoms with van der Waals surface area (Å²) in [5.41, 5.74) is 23.0. The van der Waals surface area contributed by atoms with E-state index in [-0.39, 0.29) is 0 Å². The molecule has 3 heterocycles. The quantitative estimate of drug-likeness (QED) is 0.141. The second-order valence-electron chi connectivity index (χ2n) is 20.0. The van der Waals surface area contributed by atoms with Gasteiger partial charge in [0, 0.05) is 44.0 Å². The van der Waals surface area contributed by atoms with E-state index in [1.165, 1.54) is 65.9 Å². The molecule has 0 fully saturated rings. The summed E-state index contributed by atoms with van der Waals surface area (Å²) < 4.78 is 4.77. The SMILES string of the molecule is CC1CC=CC=C1c1cccc(-c2ccc(-c3cc(-c4ccc(-c5cccc(-n6c7ccccc7c7ccccc76)c5)cc4)nc(-c4cccc(-c5cccc(-n6c7ccccc7c7ccccc76)c5)c4)c3)cc2)c1. The lowest BCUT2D eigenvalue weighted by molar-refractivity contribution is 0.758. The summed E-state index contributed by atoms with van der Waals surface area (Å²) in [6.07, 6.45) is 7.80. The highest BCUT2D eigenvalue weighted by Crippen LogP contribution is 2.39. The van der Waals surface area contributed by atoms with E-state index >= 15 is 0 Å². The fraction of sp³-hybridized carbons (Fsp3) is 0.0417. The van der Waals surface area contributed by atoms with E-state index in [0.29, 0.717) is 5.92 Å². The van der Waals surface area contributed by atoms with E-state index < -0.39 is 0 Å². The highest BCUT2D eigenvalue weighted by atomic mass is 15.0. The van der Waals surface area contributed by atoms with Crippen LogP contribution in [0.1, 0.15) is 18.9 Å². The Bertz CT molecular complexity index is 4280. The third kappa shape index (κ3) is 7.98. The van der Waals surface area contributed by atoms with Crippen LogP contribution in [0.3, 0.4) is 0 Å². The number of rotatable bonds is 9. The molecule has 0 saturated heterocycles. The highest BCUT2D eigenvalue weighted by Gasteiger charge is 2.17. The molecule has 354 valence electrons. The van der Waals surface area contributed by atoms with Crippen LogP contribution in [0.25, 0.3) is 128 Å². The van der Waals surface area contributed by atoms with Crippen molar-refractivity contribution >= 4 is 49.2 Å². The van der Waals surface area contributed by atoms with Crippen molar-refractivity contribution < 1.29 is 0 Å². The van der Waals surface area contributed by atoms with Gasteiger partial charge in [0.2, 0.25) is 0 Å². The maximum Gasteiger partial charge on any atom is 0.0715 e. The Morgan fingerprint density at radius 1 is 0.320 bits per heavy atom. The molecular weight excluding hydrogens is 907 g/mol. The summed E-state index contributed by atoms with van der Waals surface area (Å²) in [4.78, 5) is 5.48. The van der Waals surface area contributed by atoms with Crippen LogP contribution < -0.4 is 0 Å². The molecule has 14 rings (SSSR count). The molecule has 0 N–H and O–H groups in total. The van der Waals surface area contributed by atoms with Crippen LogP contribution >= 0.6 is 0 Å². The summed E-state index contributed by atoms with van der Waals surface area (Å²) in [5, 5.41) is 5.03. The first kappa shape index (κ1) is 44.2. The molecule has 0 spiro atoms. The normalized spacial score (nSPS) is 13.5. The molecule has 0 amide bonds. The molecule has 1 atom stereocenters. The standard InChI is InChI=1S/C72H51N3/c1-48-16-2-3-25-62(48)57-21-12-17-53(42-57)49-34-36-51(37-35-49)59-46-67(52-40-38-50(39-41-52)55-19-14-23-60(44-55)74-69-30-8-4-26-63(69)64-27-5-9-31-70(64)74)73-68(47-59)58-22-13-18-54(43-58)56-20-15-24-61(45-56)75-71-32-10-6-28-65(71)66-29-7-11-33-72(66)75/h2-15,17-48H,16H2,1H3. The van der Waals surface area contributed by atoms with Crippen molar-refractivity contribution in [2.45, 2.75) is 13.3 Å². The van der Waals surface area contributed by atoms with Gasteiger partial charge < -0.3 is 9.13 Å². The van der Waals surface area contributed by atoms with Gasteiger partial charge in [0.1, 0.15) is 0 Å². The number of nitrogens with zero attached hydrogens (tertiary/aromatic N) is 3. The molecule has 1 aliphatic carbocycles. The van der Waals surface area contributed by atoms with Gasteiger partial charge in [-0.15, -0.1) is 0 Å². The summed E-state index contributed by atoms with van der Waals surface area (Å²) in [6, 6.07) is 92.9. The summed E-state index contributed by atoms with van der Waals surface area (Å²) >= 11 is 0. The van der Waals surface area contributed by atoms with E-state index in [2.05, 4.69) is 289 Å². The van der Waals surface area contributed by atoms with Gasteiger partial charge in [-0.25, -0.2) is 4.98 Å². The van der Waals surface area contributed by atoms with Crippen molar-refractivity contribution in [2.24, 2.45) is 5.92 Å². The molecule has 13 aromatic rings. The Balaban J connectivity index is 0.841. The maximum absolute atomic E-state index is 5.48. The molecule has 0 saturated carbocycles. The number of hydrogen-bond acceptors (Lipinski definition) is 1. The fourth-order valence-electron chi connectivity index (χ4n) is 11.6. The Morgan fingerprint density at radius 2 is 0.693 bits per heavy atom. The van der Waals surface area contributed by atoms with Crippen LogP contribution in [0.2, 0.25) is 0 Å². The zero-order valence-electron chi connectivity index (χ0n) is 41.6. The van der Waals surface area contributed by atoms with E-state index in [4.69, 9.17) is 4.98 Å². The maximum atomic E-state index is 5.48. The predicted molar refractivity (Wildman–Crippen MR) is 316 cm³/mol. The van der Waals surface area contributed by atoms with Gasteiger partial charge in [-0.3, -0.25) is 0 Å². The smallest absolute Gasteiger partial charge is 0.0715 e. The Hall–Kier alpha value is -9.57. The molecule has 0 radical (unpaired) electrons. The molecule has 0 aliphatic heterocycles. The van der Waals surface area contributed by atoms with Crippen molar-refractivity contribution in [3.63, 3.8) is 0 Å². The highest BCUT2D eigenvalue weighted by molar-refractivity contribution is 6.10. The summed E-state index contributed by atoms with van der Waals surface area (Å²) in [5.74, 6) is 0.500. The van der Waals surface area contributed by atoms with Crippen molar-refractivity contribution in [3.8, 4) is 78.4 Å². The summed E-state index contributed by atoms with van der Waals surface area (Å²) in [6.45, 7) is 2.32. The minimum absolute atomic E-state index is 0.500. The molecule has 75 heavy (non-hydrogen) atoms. The lowest BCUT2D eigenvalue weighted by atomic mass is 9.87. The number of hydrogen-bond donors (Lipinski definition) is 0. The van der Waals surface area contributed by atoms with E-state index in [0.717, 1.165) is 73.7 Å². The van der Waals surface area contributed by atoms with E-state index in [1.807, 2.05) is 0 Å². The molecule has 3 heteroatoms. The second-order valence-corrected chi connectivity index (χ2v) is 20.0. The predicted octanol–water partition coefficient (Wildman–Crippen LogP) is 19.3. The van der Waals surface area contributed by atoms with Gasteiger partial charge in [0.05, 0.1) is 33.5 Å². The topological polar surface area (TPSA) is 22.8 Å². The van der Waals surface area contributed by atoms with Crippen LogP contribution in [-0.4, -0.2) is 14.1 Å². The second kappa shape index (κ2) is 18.5. The third-order valence-electron chi connectivity index (χ3n) is 15.4. The number of aromatic nitrogens is 3. The van der Waals surface area contributed by atoms with Crippen LogP contribution in [0, 0.1) is 5.92 Å². The molecule has 3 nitrogen and oxygen atoms in total. The van der Waals surface area contributed by atoms with E-state index in [1.54, 1.807) is 0 Å². The first-order valence-electron chi connectivity index (χ1n) is 26.1. The average Bonchev–Trinajstić information content (AvgIpc) is 4.02. The number of para-hydroxylation sites is 4. The Labute approximate surface area is 437 Å². The van der Waals surface area contributed by atoms with Crippen LogP contribution in [0.5, 0.6) is 0 Å². The monoisotopic (exact) mass is 957 g/mol. The number of allylic oxidation sites excluding steroid dienone is 4. The number of fused-ring (bicyclic) bond motifs is 6. The minimum atomic E-state index is 0.500. The van der Waals surface area contributed by atoms with Crippen molar-refractivity contribution in [2.75, 3.05) is 0 Å². The molecule has 0 bridgehead atoms. The molecule has 10 aromatic carbocycles. The van der Waals surface area contributed by atoms with Crippen molar-refractivity contribution in [3.05, 3.63) is 279 Å². The Kier molecular flexibility index (Phi) is 10.9. The largest absolute Gasteiger partial charge is 0.309 e. The number of benzene rings is 10. The van der Waals surface area contributed by atoms with Crippen LogP contribution in [-0.2, 0) is 0 Å². The van der Waals surface area contributed by atoms with E-state index in [9.17, 15) is 0 Å². The van der Waals surface area contributed by atoms with Gasteiger partial charge in [0.15, 0.2) is 0 Å². The van der Waals surface area contributed by atoms with Gasteiger partial charge in [-0.2, -0.15) is 0 Å². The van der Waals surface area contributed by atoms with Crippen molar-refractivity contribution in [1.82, 2.24) is 14.1 Å². The zero-order chi connectivity index (χ0) is 49.8. The third-order valence-corrected chi connectivity index (χ3v) is 15.4. The fourth-order valence-corrected chi connectivity index (χ4v) is 11.6. The van der Waals surface area contributed by atoms with Gasteiger partial charge in [-0.05, 0) is 141 Å². The lowest BCUT2D eigenvalue weighted by Gasteiger charge is -2.18. The minimum Gasteiger partial charge on any atom is -0.309 e. The lowest BCUT2D eigenvalue weighted by Crippen LogP contribution is -2.00. The van der Waals surface area contributed by atoms with Crippen LogP contribution in [0.4, 0.5) is 0 Å². The van der Waals surface area contributed by atoms with Crippen LogP contribution in [0.15, 0.2) is 273 Å². The van der Waals surface area contributed by atoms with Gasteiger partial charge >= 0.3 is 0 Å². The zero-order valence-corrected chi connectivity index (χ0v) is 41.6.